The number of furan rings is 1. The van der Waals surface area contributed by atoms with E-state index in [2.05, 4.69) is 0 Å². The number of carbonyl (C=O) groups is 3. The van der Waals surface area contributed by atoms with E-state index in [1.807, 2.05) is 52.1 Å². The average molecular weight is 566 g/mol. The molecule has 2 amide bonds. The maximum atomic E-state index is 13.4. The molecule has 10 heteroatoms. The Labute approximate surface area is 235 Å². The summed E-state index contributed by atoms with van der Waals surface area (Å²) in [6.45, 7) is 3.81. The normalized spacial score (nSPS) is 15.4. The predicted octanol–water partition coefficient (Wildman–Crippen LogP) is 6.24. The second kappa shape index (κ2) is 12.6. The van der Waals surface area contributed by atoms with Gasteiger partial charge < -0.3 is 14.1 Å². The van der Waals surface area contributed by atoms with Crippen molar-refractivity contribution in [3.63, 3.8) is 0 Å². The number of rotatable bonds is 10. The van der Waals surface area contributed by atoms with Crippen molar-refractivity contribution in [2.24, 2.45) is 5.92 Å². The molecule has 1 aromatic carbocycles. The molecule has 0 N–H and O–H groups in total. The lowest BCUT2D eigenvalue weighted by atomic mass is 9.94. The van der Waals surface area contributed by atoms with Crippen molar-refractivity contribution < 1.29 is 23.5 Å². The van der Waals surface area contributed by atoms with Gasteiger partial charge in [0.2, 0.25) is 5.91 Å². The highest BCUT2D eigenvalue weighted by Gasteiger charge is 2.27. The number of ether oxygens (including phenoxy) is 1. The SMILES string of the molecule is CCOC(=O)CC1CCCN(C(=O)CCCN(C(=O)c2cccs2)c2nc(-c3cc4ccccc4o3)cs2)C1. The third-order valence-electron chi connectivity index (χ3n) is 6.78. The fourth-order valence-electron chi connectivity index (χ4n) is 4.89. The fourth-order valence-corrected chi connectivity index (χ4v) is 6.40. The van der Waals surface area contributed by atoms with Crippen molar-refractivity contribution in [2.45, 2.75) is 39.0 Å². The van der Waals surface area contributed by atoms with Crippen molar-refractivity contribution in [3.05, 3.63) is 58.1 Å². The molecule has 1 aliphatic rings. The summed E-state index contributed by atoms with van der Waals surface area (Å²) >= 11 is 2.77. The van der Waals surface area contributed by atoms with E-state index >= 15 is 0 Å². The molecule has 1 fully saturated rings. The largest absolute Gasteiger partial charge is 0.466 e. The smallest absolute Gasteiger partial charge is 0.306 e. The van der Waals surface area contributed by atoms with Crippen molar-refractivity contribution in [1.29, 1.82) is 0 Å². The first-order valence-corrected chi connectivity index (χ1v) is 15.0. The Morgan fingerprint density at radius 3 is 2.85 bits per heavy atom. The Morgan fingerprint density at radius 2 is 2.05 bits per heavy atom. The third kappa shape index (κ3) is 6.57. The second-order valence-electron chi connectivity index (χ2n) is 9.56. The molecule has 204 valence electrons. The van der Waals surface area contributed by atoms with Gasteiger partial charge in [0.15, 0.2) is 10.9 Å². The zero-order chi connectivity index (χ0) is 27.2. The van der Waals surface area contributed by atoms with Crippen molar-refractivity contribution >= 4 is 56.6 Å². The predicted molar refractivity (Wildman–Crippen MR) is 153 cm³/mol. The standard InChI is InChI=1S/C29H31N3O5S2/c1-2-36-27(34)16-20-8-5-13-31(18-20)26(33)12-6-14-32(28(35)25-11-7-15-38-25)29-30-22(19-39-29)24-17-21-9-3-4-10-23(21)37-24/h3-4,7,9-11,15,17,19-20H,2,5-6,8,12-14,16,18H2,1H3. The van der Waals surface area contributed by atoms with E-state index in [1.54, 1.807) is 17.9 Å². The molecule has 8 nitrogen and oxygen atoms in total. The first-order valence-electron chi connectivity index (χ1n) is 13.2. The Kier molecular flexibility index (Phi) is 8.73. The highest BCUT2D eigenvalue weighted by molar-refractivity contribution is 7.14. The number of nitrogens with zero attached hydrogens (tertiary/aromatic N) is 3. The first kappa shape index (κ1) is 27.1. The molecule has 0 spiro atoms. The molecular formula is C29H31N3O5S2. The lowest BCUT2D eigenvalue weighted by molar-refractivity contribution is -0.145. The summed E-state index contributed by atoms with van der Waals surface area (Å²) in [5.41, 5.74) is 1.46. The van der Waals surface area contributed by atoms with Gasteiger partial charge in [0.25, 0.3) is 5.91 Å². The van der Waals surface area contributed by atoms with Crippen molar-refractivity contribution in [1.82, 2.24) is 9.88 Å². The summed E-state index contributed by atoms with van der Waals surface area (Å²) in [6.07, 6.45) is 2.97. The summed E-state index contributed by atoms with van der Waals surface area (Å²) in [5.74, 6) is 0.500. The molecule has 3 aromatic heterocycles. The van der Waals surface area contributed by atoms with Crippen LogP contribution in [0.3, 0.4) is 0 Å². The van der Waals surface area contributed by atoms with Crippen LogP contribution in [0.1, 0.15) is 48.7 Å². The Balaban J connectivity index is 1.24. The van der Waals surface area contributed by atoms with Crippen LogP contribution in [-0.4, -0.2) is 53.9 Å². The van der Waals surface area contributed by atoms with Gasteiger partial charge in [0.1, 0.15) is 11.3 Å². The van der Waals surface area contributed by atoms with Crippen LogP contribution in [-0.2, 0) is 14.3 Å². The zero-order valence-corrected chi connectivity index (χ0v) is 23.5. The number of hydrogen-bond donors (Lipinski definition) is 0. The highest BCUT2D eigenvalue weighted by Crippen LogP contribution is 2.32. The van der Waals surface area contributed by atoms with Crippen LogP contribution in [0.15, 0.2) is 57.6 Å². The van der Waals surface area contributed by atoms with E-state index in [1.165, 1.54) is 22.7 Å². The number of carbonyl (C=O) groups excluding carboxylic acids is 3. The molecule has 0 aliphatic carbocycles. The molecule has 0 saturated carbocycles. The van der Waals surface area contributed by atoms with E-state index in [0.29, 0.717) is 67.0 Å². The monoisotopic (exact) mass is 565 g/mol. The van der Waals surface area contributed by atoms with Gasteiger partial charge in [-0.15, -0.1) is 22.7 Å². The van der Waals surface area contributed by atoms with E-state index in [-0.39, 0.29) is 23.7 Å². The van der Waals surface area contributed by atoms with Gasteiger partial charge >= 0.3 is 5.97 Å². The molecule has 1 unspecified atom stereocenters. The second-order valence-corrected chi connectivity index (χ2v) is 11.3. The number of aromatic nitrogens is 1. The number of amides is 2. The number of thiophene rings is 1. The van der Waals surface area contributed by atoms with Gasteiger partial charge in [-0.3, -0.25) is 19.3 Å². The summed E-state index contributed by atoms with van der Waals surface area (Å²) in [7, 11) is 0. The quantitative estimate of drug-likeness (QED) is 0.212. The van der Waals surface area contributed by atoms with Crippen LogP contribution in [0, 0.1) is 5.92 Å². The number of para-hydroxylation sites is 1. The lowest BCUT2D eigenvalue weighted by Crippen LogP contribution is -2.41. The topological polar surface area (TPSA) is 93.0 Å². The number of piperidine rings is 1. The number of thiazole rings is 1. The molecule has 5 rings (SSSR count). The highest BCUT2D eigenvalue weighted by atomic mass is 32.1. The summed E-state index contributed by atoms with van der Waals surface area (Å²) in [4.78, 5) is 47.2. The minimum absolute atomic E-state index is 0.0502. The first-order chi connectivity index (χ1) is 19.0. The van der Waals surface area contributed by atoms with Crippen molar-refractivity contribution in [3.8, 4) is 11.5 Å². The molecule has 39 heavy (non-hydrogen) atoms. The van der Waals surface area contributed by atoms with Gasteiger partial charge in [-0.2, -0.15) is 0 Å². The molecule has 4 heterocycles. The Morgan fingerprint density at radius 1 is 1.18 bits per heavy atom. The molecule has 1 saturated heterocycles. The zero-order valence-electron chi connectivity index (χ0n) is 21.8. The number of fused-ring (bicyclic) bond motifs is 1. The van der Waals surface area contributed by atoms with Crippen LogP contribution in [0.25, 0.3) is 22.4 Å². The van der Waals surface area contributed by atoms with Gasteiger partial charge in [0, 0.05) is 36.8 Å². The van der Waals surface area contributed by atoms with E-state index in [4.69, 9.17) is 14.1 Å². The molecular weight excluding hydrogens is 534 g/mol. The molecule has 1 atom stereocenters. The summed E-state index contributed by atoms with van der Waals surface area (Å²) in [6, 6.07) is 13.4. The lowest BCUT2D eigenvalue weighted by Gasteiger charge is -2.32. The Hall–Kier alpha value is -3.50. The number of hydrogen-bond acceptors (Lipinski definition) is 8. The van der Waals surface area contributed by atoms with Crippen LogP contribution in [0.2, 0.25) is 0 Å². The minimum Gasteiger partial charge on any atom is -0.466 e. The fraction of sp³-hybridized carbons (Fsp3) is 0.379. The van der Waals surface area contributed by atoms with Crippen LogP contribution in [0.4, 0.5) is 5.13 Å². The van der Waals surface area contributed by atoms with Gasteiger partial charge in [-0.25, -0.2) is 4.98 Å². The molecule has 4 aromatic rings. The summed E-state index contributed by atoms with van der Waals surface area (Å²) < 4.78 is 11.1. The van der Waals surface area contributed by atoms with Crippen molar-refractivity contribution in [2.75, 3.05) is 31.1 Å². The average Bonchev–Trinajstić information content (AvgIpc) is 3.71. The molecule has 0 bridgehead atoms. The molecule has 0 radical (unpaired) electrons. The number of likely N-dealkylation sites (tertiary alicyclic amines) is 1. The van der Waals surface area contributed by atoms with Gasteiger partial charge in [-0.05, 0) is 55.7 Å². The van der Waals surface area contributed by atoms with Gasteiger partial charge in [0.05, 0.1) is 17.9 Å². The van der Waals surface area contributed by atoms with E-state index in [9.17, 15) is 14.4 Å². The number of anilines is 1. The third-order valence-corrected chi connectivity index (χ3v) is 8.50. The summed E-state index contributed by atoms with van der Waals surface area (Å²) in [5, 5.41) is 5.34. The van der Waals surface area contributed by atoms with Crippen LogP contribution >= 0.6 is 22.7 Å². The number of benzene rings is 1. The van der Waals surface area contributed by atoms with Crippen LogP contribution < -0.4 is 4.90 Å². The number of esters is 1. The van der Waals surface area contributed by atoms with E-state index in [0.717, 1.165) is 23.8 Å². The minimum atomic E-state index is -0.204. The maximum absolute atomic E-state index is 13.4. The van der Waals surface area contributed by atoms with Gasteiger partial charge in [-0.1, -0.05) is 24.3 Å². The molecule has 1 aliphatic heterocycles. The maximum Gasteiger partial charge on any atom is 0.306 e. The Bertz CT molecular complexity index is 1390. The van der Waals surface area contributed by atoms with E-state index < -0.39 is 0 Å². The van der Waals surface area contributed by atoms with Crippen LogP contribution in [0.5, 0.6) is 0 Å².